The average molecular weight is 478 g/mol. The van der Waals surface area contributed by atoms with Crippen LogP contribution in [0, 0.1) is 5.82 Å². The van der Waals surface area contributed by atoms with Gasteiger partial charge in [0.2, 0.25) is 15.9 Å². The number of carbonyl (C=O) groups is 1. The number of rotatable bonds is 6. The molecule has 1 aliphatic rings. The molecule has 170 valence electrons. The Hall–Kier alpha value is -2.56. The minimum absolute atomic E-state index is 0.191. The van der Waals surface area contributed by atoms with Crippen molar-refractivity contribution in [1.29, 1.82) is 0 Å². The van der Waals surface area contributed by atoms with E-state index in [0.717, 1.165) is 14.5 Å². The molecule has 7 nitrogen and oxygen atoms in total. The summed E-state index contributed by atoms with van der Waals surface area (Å²) in [6.07, 6.45) is 0.275. The second-order valence-corrected chi connectivity index (χ2v) is 11.5. The largest absolute Gasteiger partial charge is 0.487 e. The highest BCUT2D eigenvalue weighted by molar-refractivity contribution is 7.89. The first-order valence-electron chi connectivity index (χ1n) is 10.2. The number of halogens is 1. The highest BCUT2D eigenvalue weighted by atomic mass is 32.2. The summed E-state index contributed by atoms with van der Waals surface area (Å²) in [6.45, 7) is 4.78. The van der Waals surface area contributed by atoms with Crippen LogP contribution in [0.2, 0.25) is 0 Å². The molecule has 4 rings (SSSR count). The van der Waals surface area contributed by atoms with Crippen LogP contribution >= 0.6 is 11.3 Å². The molecule has 0 spiro atoms. The molecule has 1 N–H and O–H groups in total. The fourth-order valence-electron chi connectivity index (χ4n) is 3.84. The number of amides is 1. The van der Waals surface area contributed by atoms with Crippen LogP contribution in [0.3, 0.4) is 0 Å². The van der Waals surface area contributed by atoms with E-state index in [1.807, 2.05) is 38.1 Å². The number of carbonyl (C=O) groups excluding carboxylic acids is 1. The monoisotopic (exact) mass is 477 g/mol. The molecule has 3 aromatic rings. The molecule has 0 saturated carbocycles. The van der Waals surface area contributed by atoms with Crippen molar-refractivity contribution in [3.8, 4) is 5.75 Å². The molecule has 0 radical (unpaired) electrons. The molecule has 0 aliphatic carbocycles. The molecule has 2 heterocycles. The summed E-state index contributed by atoms with van der Waals surface area (Å²) in [5, 5.41) is 3.10. The molecular formula is C22H24FN3O4S2. The van der Waals surface area contributed by atoms with Gasteiger partial charge in [0, 0.05) is 12.0 Å². The van der Waals surface area contributed by atoms with E-state index in [0.29, 0.717) is 16.4 Å². The van der Waals surface area contributed by atoms with E-state index in [-0.39, 0.29) is 12.2 Å². The first kappa shape index (κ1) is 22.6. The van der Waals surface area contributed by atoms with Gasteiger partial charge in [-0.2, -0.15) is 4.31 Å². The molecular weight excluding hydrogens is 453 g/mol. The second kappa shape index (κ2) is 8.42. The van der Waals surface area contributed by atoms with E-state index in [1.54, 1.807) is 0 Å². The lowest BCUT2D eigenvalue weighted by Crippen LogP contribution is -2.46. The van der Waals surface area contributed by atoms with E-state index < -0.39 is 39.9 Å². The third kappa shape index (κ3) is 4.62. The van der Waals surface area contributed by atoms with Crippen molar-refractivity contribution in [1.82, 2.24) is 9.29 Å². The van der Waals surface area contributed by atoms with Gasteiger partial charge in [-0.1, -0.05) is 23.5 Å². The Kier molecular flexibility index (Phi) is 5.95. The lowest BCUT2D eigenvalue weighted by atomic mass is 9.89. The number of anilines is 1. The smallest absolute Gasteiger partial charge is 0.241 e. The van der Waals surface area contributed by atoms with Gasteiger partial charge in [-0.15, -0.1) is 0 Å². The summed E-state index contributed by atoms with van der Waals surface area (Å²) >= 11 is 1.31. The molecule has 0 fully saturated rings. The topological polar surface area (TPSA) is 88.6 Å². The van der Waals surface area contributed by atoms with Crippen molar-refractivity contribution in [2.45, 2.75) is 38.8 Å². The van der Waals surface area contributed by atoms with E-state index in [4.69, 9.17) is 4.74 Å². The Balaban J connectivity index is 1.66. The number of nitrogens with one attached hydrogen (secondary N) is 1. The first-order valence-corrected chi connectivity index (χ1v) is 12.6. The maximum atomic E-state index is 14.0. The molecule has 1 unspecified atom stereocenters. The highest BCUT2D eigenvalue weighted by Crippen LogP contribution is 2.43. The van der Waals surface area contributed by atoms with Crippen molar-refractivity contribution < 1.29 is 22.3 Å². The van der Waals surface area contributed by atoms with Gasteiger partial charge >= 0.3 is 0 Å². The van der Waals surface area contributed by atoms with Gasteiger partial charge < -0.3 is 10.1 Å². The summed E-state index contributed by atoms with van der Waals surface area (Å²) < 4.78 is 48.1. The number of nitrogens with zero attached hydrogens (tertiary/aromatic N) is 2. The standard InChI is InChI=1S/C22H24FN3O4S2/c1-4-32(28,29)26(13-20(27)25-21-24-16-7-5-6-8-19(16)31-21)17-12-22(2,3)30-18-10-9-14(23)11-15(17)18/h5-11,17H,4,12-13H2,1-3H3,(H,24,25,27). The van der Waals surface area contributed by atoms with Crippen LogP contribution < -0.4 is 10.1 Å². The molecule has 1 atom stereocenters. The van der Waals surface area contributed by atoms with Gasteiger partial charge in [-0.3, -0.25) is 4.79 Å². The zero-order valence-electron chi connectivity index (χ0n) is 18.0. The van der Waals surface area contributed by atoms with Crippen LogP contribution in [-0.4, -0.2) is 41.5 Å². The Morgan fingerprint density at radius 1 is 1.31 bits per heavy atom. The van der Waals surface area contributed by atoms with Gasteiger partial charge in [-0.25, -0.2) is 17.8 Å². The number of ether oxygens (including phenoxy) is 1. The first-order chi connectivity index (χ1) is 15.1. The zero-order chi connectivity index (χ0) is 23.1. The van der Waals surface area contributed by atoms with Crippen molar-refractivity contribution in [3.05, 3.63) is 53.8 Å². The predicted octanol–water partition coefficient (Wildman–Crippen LogP) is 4.33. The van der Waals surface area contributed by atoms with Crippen LogP contribution in [0.5, 0.6) is 5.75 Å². The molecule has 1 aromatic heterocycles. The molecule has 0 bridgehead atoms. The maximum Gasteiger partial charge on any atom is 0.241 e. The molecule has 10 heteroatoms. The molecule has 1 aliphatic heterocycles. The van der Waals surface area contributed by atoms with Gasteiger partial charge in [0.1, 0.15) is 17.2 Å². The number of thiazole rings is 1. The lowest BCUT2D eigenvalue weighted by Gasteiger charge is -2.41. The van der Waals surface area contributed by atoms with Crippen molar-refractivity contribution in [2.75, 3.05) is 17.6 Å². The Morgan fingerprint density at radius 2 is 2.06 bits per heavy atom. The fraction of sp³-hybridized carbons (Fsp3) is 0.364. The normalized spacial score (nSPS) is 17.7. The number of sulfonamides is 1. The molecule has 2 aromatic carbocycles. The Morgan fingerprint density at radius 3 is 2.78 bits per heavy atom. The van der Waals surface area contributed by atoms with Crippen molar-refractivity contribution in [3.63, 3.8) is 0 Å². The minimum Gasteiger partial charge on any atom is -0.487 e. The van der Waals surface area contributed by atoms with Gasteiger partial charge in [0.05, 0.1) is 28.6 Å². The van der Waals surface area contributed by atoms with E-state index in [2.05, 4.69) is 10.3 Å². The van der Waals surface area contributed by atoms with Gasteiger partial charge in [0.25, 0.3) is 0 Å². The number of fused-ring (bicyclic) bond motifs is 2. The number of hydrogen-bond donors (Lipinski definition) is 1. The quantitative estimate of drug-likeness (QED) is 0.571. The van der Waals surface area contributed by atoms with Crippen LogP contribution in [0.4, 0.5) is 9.52 Å². The fourth-order valence-corrected chi connectivity index (χ4v) is 5.94. The third-order valence-corrected chi connectivity index (χ3v) is 8.09. The van der Waals surface area contributed by atoms with E-state index in [1.165, 1.54) is 36.5 Å². The summed E-state index contributed by atoms with van der Waals surface area (Å²) in [4.78, 5) is 17.3. The Labute approximate surface area is 190 Å². The summed E-state index contributed by atoms with van der Waals surface area (Å²) in [6, 6.07) is 10.8. The Bertz CT molecular complexity index is 1240. The summed E-state index contributed by atoms with van der Waals surface area (Å²) in [7, 11) is -3.80. The van der Waals surface area contributed by atoms with Crippen LogP contribution in [0.15, 0.2) is 42.5 Å². The van der Waals surface area contributed by atoms with Gasteiger partial charge in [-0.05, 0) is 51.1 Å². The predicted molar refractivity (Wildman–Crippen MR) is 123 cm³/mol. The number of para-hydroxylation sites is 1. The van der Waals surface area contributed by atoms with E-state index in [9.17, 15) is 17.6 Å². The zero-order valence-corrected chi connectivity index (χ0v) is 19.6. The maximum absolute atomic E-state index is 14.0. The van der Waals surface area contributed by atoms with Crippen LogP contribution in [0.1, 0.15) is 38.8 Å². The molecule has 32 heavy (non-hydrogen) atoms. The summed E-state index contributed by atoms with van der Waals surface area (Å²) in [5.74, 6) is -0.784. The van der Waals surface area contributed by atoms with Crippen molar-refractivity contribution in [2.24, 2.45) is 0 Å². The number of benzene rings is 2. The second-order valence-electron chi connectivity index (χ2n) is 8.24. The van der Waals surface area contributed by atoms with Gasteiger partial charge in [0.15, 0.2) is 5.13 Å². The number of hydrogen-bond acceptors (Lipinski definition) is 6. The number of aromatic nitrogens is 1. The lowest BCUT2D eigenvalue weighted by molar-refractivity contribution is -0.117. The third-order valence-electron chi connectivity index (χ3n) is 5.31. The molecule has 1 amide bonds. The van der Waals surface area contributed by atoms with E-state index >= 15 is 0 Å². The van der Waals surface area contributed by atoms with Crippen LogP contribution in [0.25, 0.3) is 10.2 Å². The average Bonchev–Trinajstić information content (AvgIpc) is 3.13. The minimum atomic E-state index is -3.80. The highest BCUT2D eigenvalue weighted by Gasteiger charge is 2.41. The van der Waals surface area contributed by atoms with Crippen molar-refractivity contribution >= 4 is 42.6 Å². The van der Waals surface area contributed by atoms with Crippen LogP contribution in [-0.2, 0) is 14.8 Å². The summed E-state index contributed by atoms with van der Waals surface area (Å²) in [5.41, 5.74) is 0.469. The SMILES string of the molecule is CCS(=O)(=O)N(CC(=O)Nc1nc2ccccc2s1)C1CC(C)(C)Oc2ccc(F)cc21. The molecule has 0 saturated heterocycles.